The molecule has 0 spiro atoms. The van der Waals surface area contributed by atoms with Gasteiger partial charge < -0.3 is 9.73 Å². The van der Waals surface area contributed by atoms with Crippen LogP contribution in [0.5, 0.6) is 0 Å². The molecule has 122 valence electrons. The molecule has 0 aliphatic heterocycles. The van der Waals surface area contributed by atoms with E-state index in [9.17, 15) is 9.59 Å². The normalized spacial score (nSPS) is 10.8. The summed E-state index contributed by atoms with van der Waals surface area (Å²) in [4.78, 5) is 24.6. The summed E-state index contributed by atoms with van der Waals surface area (Å²) in [6.45, 7) is 5.77. The Bertz CT molecular complexity index is 1020. The van der Waals surface area contributed by atoms with Crippen molar-refractivity contribution in [1.82, 2.24) is 0 Å². The third-order valence-electron chi connectivity index (χ3n) is 4.00. The average Bonchev–Trinajstić information content (AvgIpc) is 2.52. The molecule has 2 aromatic carbocycles. The zero-order chi connectivity index (χ0) is 17.4. The van der Waals surface area contributed by atoms with Crippen molar-refractivity contribution in [3.8, 4) is 0 Å². The first kappa shape index (κ1) is 16.3. The molecule has 1 heterocycles. The van der Waals surface area contributed by atoms with E-state index >= 15 is 0 Å². The van der Waals surface area contributed by atoms with Gasteiger partial charge in [0.15, 0.2) is 11.2 Å². The van der Waals surface area contributed by atoms with Crippen molar-refractivity contribution in [3.05, 3.63) is 74.1 Å². The summed E-state index contributed by atoms with van der Waals surface area (Å²) in [6.07, 6.45) is 0. The highest BCUT2D eigenvalue weighted by Gasteiger charge is 2.14. The molecule has 0 radical (unpaired) electrons. The van der Waals surface area contributed by atoms with Gasteiger partial charge in [0.05, 0.1) is 5.39 Å². The minimum atomic E-state index is -0.468. The lowest BCUT2D eigenvalue weighted by molar-refractivity contribution is 0.0997. The maximum atomic E-state index is 12.4. The Balaban J connectivity index is 1.99. The van der Waals surface area contributed by atoms with Crippen molar-refractivity contribution in [1.29, 1.82) is 0 Å². The summed E-state index contributed by atoms with van der Waals surface area (Å²) in [5.41, 5.74) is 3.67. The number of hydrogen-bond acceptors (Lipinski definition) is 3. The van der Waals surface area contributed by atoms with Gasteiger partial charge in [-0.2, -0.15) is 0 Å². The van der Waals surface area contributed by atoms with Crippen LogP contribution in [0.2, 0.25) is 5.02 Å². The fraction of sp³-hybridized carbons (Fsp3) is 0.158. The second-order valence-electron chi connectivity index (χ2n) is 5.83. The van der Waals surface area contributed by atoms with Crippen LogP contribution in [-0.4, -0.2) is 5.91 Å². The summed E-state index contributed by atoms with van der Waals surface area (Å²) in [5, 5.41) is 3.59. The second-order valence-corrected chi connectivity index (χ2v) is 6.23. The summed E-state index contributed by atoms with van der Waals surface area (Å²) >= 11 is 6.04. The maximum Gasteiger partial charge on any atom is 0.291 e. The van der Waals surface area contributed by atoms with Gasteiger partial charge in [0, 0.05) is 16.8 Å². The summed E-state index contributed by atoms with van der Waals surface area (Å²) < 4.78 is 5.60. The Kier molecular flexibility index (Phi) is 4.16. The van der Waals surface area contributed by atoms with Crippen molar-refractivity contribution in [3.63, 3.8) is 0 Å². The fourth-order valence-electron chi connectivity index (χ4n) is 2.40. The predicted octanol–water partition coefficient (Wildman–Crippen LogP) is 4.62. The van der Waals surface area contributed by atoms with Crippen LogP contribution in [0.4, 0.5) is 5.69 Å². The number of benzene rings is 2. The standard InChI is InChI=1S/C19H16ClNO3/c1-10-4-5-13(6-11(10)2)21-19(23)18-9-16(22)14-8-15(20)12(3)7-17(14)24-18/h4-9H,1-3H3,(H,21,23). The molecule has 0 saturated carbocycles. The van der Waals surface area contributed by atoms with Gasteiger partial charge in [0.1, 0.15) is 5.58 Å². The Morgan fingerprint density at radius 3 is 2.46 bits per heavy atom. The number of anilines is 1. The molecule has 1 aromatic heterocycles. The number of fused-ring (bicyclic) bond motifs is 1. The number of hydrogen-bond donors (Lipinski definition) is 1. The van der Waals surface area contributed by atoms with Crippen LogP contribution >= 0.6 is 11.6 Å². The van der Waals surface area contributed by atoms with Crippen molar-refractivity contribution < 1.29 is 9.21 Å². The Morgan fingerprint density at radius 2 is 1.75 bits per heavy atom. The molecule has 0 atom stereocenters. The molecule has 0 aliphatic rings. The van der Waals surface area contributed by atoms with Crippen molar-refractivity contribution in [2.75, 3.05) is 5.32 Å². The first-order chi connectivity index (χ1) is 11.3. The lowest BCUT2D eigenvalue weighted by Gasteiger charge is -2.08. The van der Waals surface area contributed by atoms with E-state index in [0.29, 0.717) is 21.7 Å². The first-order valence-electron chi connectivity index (χ1n) is 7.48. The summed E-state index contributed by atoms with van der Waals surface area (Å²) in [7, 11) is 0. The molecule has 4 nitrogen and oxygen atoms in total. The van der Waals surface area contributed by atoms with E-state index < -0.39 is 5.91 Å². The quantitative estimate of drug-likeness (QED) is 0.739. The van der Waals surface area contributed by atoms with E-state index in [4.69, 9.17) is 16.0 Å². The van der Waals surface area contributed by atoms with Crippen LogP contribution in [0.1, 0.15) is 27.2 Å². The highest BCUT2D eigenvalue weighted by Crippen LogP contribution is 2.22. The molecule has 24 heavy (non-hydrogen) atoms. The van der Waals surface area contributed by atoms with E-state index in [2.05, 4.69) is 5.32 Å². The third kappa shape index (κ3) is 3.05. The van der Waals surface area contributed by atoms with Crippen LogP contribution in [0.3, 0.4) is 0 Å². The first-order valence-corrected chi connectivity index (χ1v) is 7.85. The Morgan fingerprint density at radius 1 is 1.00 bits per heavy atom. The number of carbonyl (C=O) groups excluding carboxylic acids is 1. The number of amides is 1. The molecule has 0 unspecified atom stereocenters. The number of aryl methyl sites for hydroxylation is 3. The molecule has 1 N–H and O–H groups in total. The predicted molar refractivity (Wildman–Crippen MR) is 96.1 cm³/mol. The van der Waals surface area contributed by atoms with Gasteiger partial charge in [-0.05, 0) is 61.7 Å². The molecule has 5 heteroatoms. The SMILES string of the molecule is Cc1ccc(NC(=O)c2cc(=O)c3cc(Cl)c(C)cc3o2)cc1C. The molecular weight excluding hydrogens is 326 g/mol. The summed E-state index contributed by atoms with van der Waals surface area (Å²) in [5.74, 6) is -0.502. The maximum absolute atomic E-state index is 12.4. The second kappa shape index (κ2) is 6.13. The van der Waals surface area contributed by atoms with Crippen LogP contribution in [0.15, 0.2) is 45.6 Å². The topological polar surface area (TPSA) is 59.3 Å². The van der Waals surface area contributed by atoms with Crippen LogP contribution in [0.25, 0.3) is 11.0 Å². The number of halogens is 1. The summed E-state index contributed by atoms with van der Waals surface area (Å²) in [6, 6.07) is 10.0. The van der Waals surface area contributed by atoms with E-state index in [0.717, 1.165) is 16.7 Å². The molecule has 3 aromatic rings. The van der Waals surface area contributed by atoms with E-state index in [1.807, 2.05) is 39.0 Å². The van der Waals surface area contributed by atoms with E-state index in [1.165, 1.54) is 6.07 Å². The van der Waals surface area contributed by atoms with Crippen LogP contribution in [-0.2, 0) is 0 Å². The van der Waals surface area contributed by atoms with Gasteiger partial charge in [-0.15, -0.1) is 0 Å². The van der Waals surface area contributed by atoms with Gasteiger partial charge in [-0.25, -0.2) is 0 Å². The minimum absolute atomic E-state index is 0.0348. The van der Waals surface area contributed by atoms with E-state index in [1.54, 1.807) is 12.1 Å². The molecule has 3 rings (SSSR count). The molecule has 0 fully saturated rings. The van der Waals surface area contributed by atoms with Crippen molar-refractivity contribution in [2.45, 2.75) is 20.8 Å². The largest absolute Gasteiger partial charge is 0.451 e. The van der Waals surface area contributed by atoms with Crippen LogP contribution < -0.4 is 10.7 Å². The molecular formula is C19H16ClNO3. The lowest BCUT2D eigenvalue weighted by Crippen LogP contribution is -2.15. The highest BCUT2D eigenvalue weighted by molar-refractivity contribution is 6.32. The Hall–Kier alpha value is -2.59. The van der Waals surface area contributed by atoms with Crippen molar-refractivity contribution >= 4 is 34.2 Å². The van der Waals surface area contributed by atoms with Crippen LogP contribution in [0, 0.1) is 20.8 Å². The zero-order valence-electron chi connectivity index (χ0n) is 13.6. The van der Waals surface area contributed by atoms with Gasteiger partial charge in [-0.3, -0.25) is 9.59 Å². The van der Waals surface area contributed by atoms with Gasteiger partial charge in [-0.1, -0.05) is 17.7 Å². The average molecular weight is 342 g/mol. The Labute approximate surface area is 144 Å². The van der Waals surface area contributed by atoms with Gasteiger partial charge in [0.25, 0.3) is 5.91 Å². The zero-order valence-corrected chi connectivity index (χ0v) is 14.3. The molecule has 0 aliphatic carbocycles. The van der Waals surface area contributed by atoms with Gasteiger partial charge in [0.2, 0.25) is 0 Å². The number of rotatable bonds is 2. The smallest absolute Gasteiger partial charge is 0.291 e. The minimum Gasteiger partial charge on any atom is -0.451 e. The fourth-order valence-corrected chi connectivity index (χ4v) is 2.56. The lowest BCUT2D eigenvalue weighted by atomic mass is 10.1. The molecule has 0 saturated heterocycles. The highest BCUT2D eigenvalue weighted by atomic mass is 35.5. The van der Waals surface area contributed by atoms with Crippen molar-refractivity contribution in [2.24, 2.45) is 0 Å². The number of carbonyl (C=O) groups is 1. The molecule has 0 bridgehead atoms. The van der Waals surface area contributed by atoms with Gasteiger partial charge >= 0.3 is 0 Å². The monoisotopic (exact) mass is 341 g/mol. The third-order valence-corrected chi connectivity index (χ3v) is 4.40. The number of nitrogens with one attached hydrogen (secondary N) is 1. The van der Waals surface area contributed by atoms with E-state index in [-0.39, 0.29) is 11.2 Å². The molecule has 1 amide bonds.